The quantitative estimate of drug-likeness (QED) is 0.605. The summed E-state index contributed by atoms with van der Waals surface area (Å²) in [5.41, 5.74) is 1.97. The molecule has 1 aromatic carbocycles. The molecule has 27 heavy (non-hydrogen) atoms. The number of fused-ring (bicyclic) bond motifs is 1. The second-order valence-corrected chi connectivity index (χ2v) is 6.06. The summed E-state index contributed by atoms with van der Waals surface area (Å²) in [4.78, 5) is 33.5. The molecule has 0 saturated carbocycles. The third kappa shape index (κ3) is 3.10. The first-order valence-corrected chi connectivity index (χ1v) is 8.48. The number of aryl methyl sites for hydroxylation is 1. The van der Waals surface area contributed by atoms with Crippen molar-refractivity contribution >= 4 is 11.6 Å². The van der Waals surface area contributed by atoms with E-state index in [1.807, 2.05) is 42.0 Å². The SMILES string of the molecule is Cc1nccn1-c1ccccc1CNC(=O)c1cnc2ccccn2c1=O. The lowest BCUT2D eigenvalue weighted by atomic mass is 10.1. The highest BCUT2D eigenvalue weighted by molar-refractivity contribution is 5.93. The number of imidazole rings is 1. The Balaban J connectivity index is 1.60. The molecule has 0 spiro atoms. The molecule has 0 fully saturated rings. The van der Waals surface area contributed by atoms with E-state index in [4.69, 9.17) is 0 Å². The Morgan fingerprint density at radius 3 is 2.70 bits per heavy atom. The molecule has 0 unspecified atom stereocenters. The Labute approximate surface area is 155 Å². The largest absolute Gasteiger partial charge is 0.348 e. The van der Waals surface area contributed by atoms with E-state index in [0.29, 0.717) is 5.65 Å². The number of nitrogens with zero attached hydrogens (tertiary/aromatic N) is 4. The number of para-hydroxylation sites is 1. The summed E-state index contributed by atoms with van der Waals surface area (Å²) in [6.45, 7) is 2.20. The van der Waals surface area contributed by atoms with Crippen LogP contribution in [-0.4, -0.2) is 24.8 Å². The van der Waals surface area contributed by atoms with Gasteiger partial charge in [-0.15, -0.1) is 0 Å². The first-order valence-electron chi connectivity index (χ1n) is 8.48. The van der Waals surface area contributed by atoms with Gasteiger partial charge in [-0.3, -0.25) is 14.0 Å². The van der Waals surface area contributed by atoms with Crippen LogP contribution >= 0.6 is 0 Å². The van der Waals surface area contributed by atoms with Gasteiger partial charge >= 0.3 is 0 Å². The summed E-state index contributed by atoms with van der Waals surface area (Å²) >= 11 is 0. The second kappa shape index (κ2) is 6.87. The lowest BCUT2D eigenvalue weighted by molar-refractivity contribution is 0.0949. The molecule has 3 heterocycles. The fraction of sp³-hybridized carbons (Fsp3) is 0.100. The van der Waals surface area contributed by atoms with E-state index >= 15 is 0 Å². The van der Waals surface area contributed by atoms with E-state index in [1.165, 1.54) is 10.6 Å². The molecule has 3 aromatic heterocycles. The van der Waals surface area contributed by atoms with Crippen LogP contribution in [-0.2, 0) is 6.54 Å². The predicted octanol–water partition coefficient (Wildman–Crippen LogP) is 2.12. The number of carbonyl (C=O) groups is 1. The molecule has 0 aliphatic rings. The number of hydrogen-bond acceptors (Lipinski definition) is 4. The van der Waals surface area contributed by atoms with E-state index in [-0.39, 0.29) is 12.1 Å². The number of pyridine rings is 1. The summed E-state index contributed by atoms with van der Waals surface area (Å²) in [7, 11) is 0. The van der Waals surface area contributed by atoms with Gasteiger partial charge in [0.25, 0.3) is 11.5 Å². The monoisotopic (exact) mass is 359 g/mol. The Hall–Kier alpha value is -3.74. The average molecular weight is 359 g/mol. The Bertz CT molecular complexity index is 1190. The van der Waals surface area contributed by atoms with E-state index in [9.17, 15) is 9.59 Å². The van der Waals surface area contributed by atoms with Gasteiger partial charge in [-0.25, -0.2) is 9.97 Å². The summed E-state index contributed by atoms with van der Waals surface area (Å²) < 4.78 is 3.31. The van der Waals surface area contributed by atoms with E-state index in [0.717, 1.165) is 17.1 Å². The van der Waals surface area contributed by atoms with Crippen LogP contribution in [0, 0.1) is 6.92 Å². The number of nitrogens with one attached hydrogen (secondary N) is 1. The smallest absolute Gasteiger partial charge is 0.270 e. The van der Waals surface area contributed by atoms with E-state index in [2.05, 4.69) is 15.3 Å². The Kier molecular flexibility index (Phi) is 4.25. The molecule has 0 atom stereocenters. The maximum atomic E-state index is 12.6. The van der Waals surface area contributed by atoms with Crippen LogP contribution in [0.25, 0.3) is 11.3 Å². The average Bonchev–Trinajstić information content (AvgIpc) is 3.12. The van der Waals surface area contributed by atoms with Crippen molar-refractivity contribution in [3.8, 4) is 5.69 Å². The molecular formula is C20H17N5O2. The van der Waals surface area contributed by atoms with Crippen LogP contribution < -0.4 is 10.9 Å². The molecular weight excluding hydrogens is 342 g/mol. The number of amides is 1. The van der Waals surface area contributed by atoms with Gasteiger partial charge in [-0.2, -0.15) is 0 Å². The maximum absolute atomic E-state index is 12.6. The van der Waals surface area contributed by atoms with Gasteiger partial charge in [0.05, 0.1) is 5.69 Å². The number of carbonyl (C=O) groups excluding carboxylic acids is 1. The van der Waals surface area contributed by atoms with Crippen LogP contribution in [0.3, 0.4) is 0 Å². The zero-order valence-electron chi connectivity index (χ0n) is 14.7. The fourth-order valence-electron chi connectivity index (χ4n) is 2.98. The van der Waals surface area contributed by atoms with Crippen LogP contribution in [0.2, 0.25) is 0 Å². The van der Waals surface area contributed by atoms with Crippen molar-refractivity contribution in [2.75, 3.05) is 0 Å². The molecule has 134 valence electrons. The van der Waals surface area contributed by atoms with Crippen molar-refractivity contribution < 1.29 is 4.79 Å². The second-order valence-electron chi connectivity index (χ2n) is 6.06. The first kappa shape index (κ1) is 16.7. The van der Waals surface area contributed by atoms with Gasteiger partial charge < -0.3 is 9.88 Å². The van der Waals surface area contributed by atoms with Gasteiger partial charge in [-0.1, -0.05) is 24.3 Å². The van der Waals surface area contributed by atoms with Gasteiger partial charge in [0, 0.05) is 31.3 Å². The highest BCUT2D eigenvalue weighted by Gasteiger charge is 2.14. The highest BCUT2D eigenvalue weighted by Crippen LogP contribution is 2.16. The number of benzene rings is 1. The molecule has 7 heteroatoms. The molecule has 0 aliphatic heterocycles. The van der Waals surface area contributed by atoms with Crippen molar-refractivity contribution in [1.82, 2.24) is 24.3 Å². The molecule has 1 amide bonds. The van der Waals surface area contributed by atoms with Crippen molar-refractivity contribution in [2.45, 2.75) is 13.5 Å². The molecule has 0 bridgehead atoms. The predicted molar refractivity (Wildman–Crippen MR) is 101 cm³/mol. The fourth-order valence-corrected chi connectivity index (χ4v) is 2.98. The summed E-state index contributed by atoms with van der Waals surface area (Å²) in [5.74, 6) is 0.397. The van der Waals surface area contributed by atoms with Crippen LogP contribution in [0.15, 0.2) is 72.0 Å². The van der Waals surface area contributed by atoms with Crippen molar-refractivity contribution in [3.63, 3.8) is 0 Å². The van der Waals surface area contributed by atoms with Crippen LogP contribution in [0.1, 0.15) is 21.7 Å². The zero-order chi connectivity index (χ0) is 18.8. The first-order chi connectivity index (χ1) is 13.1. The minimum atomic E-state index is -0.456. The maximum Gasteiger partial charge on any atom is 0.270 e. The van der Waals surface area contributed by atoms with Gasteiger partial charge in [0.2, 0.25) is 0 Å². The molecule has 0 radical (unpaired) electrons. The number of rotatable bonds is 4. The van der Waals surface area contributed by atoms with Crippen LogP contribution in [0.5, 0.6) is 0 Å². The summed E-state index contributed by atoms with van der Waals surface area (Å²) in [5, 5.41) is 2.82. The van der Waals surface area contributed by atoms with Gasteiger partial charge in [-0.05, 0) is 30.7 Å². The van der Waals surface area contributed by atoms with Crippen molar-refractivity contribution in [1.29, 1.82) is 0 Å². The standard InChI is InChI=1S/C20H17N5O2/c1-14-21-9-11-24(14)17-7-3-2-6-15(17)12-23-19(26)16-13-22-18-8-4-5-10-25(18)20(16)27/h2-11,13H,12H2,1H3,(H,23,26). The molecule has 7 nitrogen and oxygen atoms in total. The summed E-state index contributed by atoms with van der Waals surface area (Å²) in [6, 6.07) is 13.0. The topological polar surface area (TPSA) is 81.3 Å². The molecule has 0 aliphatic carbocycles. The minimum Gasteiger partial charge on any atom is -0.348 e. The third-order valence-corrected chi connectivity index (χ3v) is 4.37. The Morgan fingerprint density at radius 1 is 1.07 bits per heavy atom. The number of aromatic nitrogens is 4. The Morgan fingerprint density at radius 2 is 1.89 bits per heavy atom. The lowest BCUT2D eigenvalue weighted by Crippen LogP contribution is -2.31. The highest BCUT2D eigenvalue weighted by atomic mass is 16.2. The zero-order valence-corrected chi connectivity index (χ0v) is 14.7. The molecule has 4 rings (SSSR count). The van der Waals surface area contributed by atoms with E-state index < -0.39 is 11.5 Å². The van der Waals surface area contributed by atoms with Crippen molar-refractivity contribution in [2.24, 2.45) is 0 Å². The van der Waals surface area contributed by atoms with Crippen molar-refractivity contribution in [3.05, 3.63) is 94.6 Å². The third-order valence-electron chi connectivity index (χ3n) is 4.37. The minimum absolute atomic E-state index is 0.00925. The lowest BCUT2D eigenvalue weighted by Gasteiger charge is -2.12. The van der Waals surface area contributed by atoms with Gasteiger partial charge in [0.15, 0.2) is 0 Å². The van der Waals surface area contributed by atoms with E-state index in [1.54, 1.807) is 30.6 Å². The molecule has 4 aromatic rings. The normalized spacial score (nSPS) is 10.9. The summed E-state index contributed by atoms with van der Waals surface area (Å²) in [6.07, 6.45) is 6.51. The number of hydrogen-bond donors (Lipinski definition) is 1. The van der Waals surface area contributed by atoms with Gasteiger partial charge in [0.1, 0.15) is 17.0 Å². The van der Waals surface area contributed by atoms with Crippen LogP contribution in [0.4, 0.5) is 0 Å². The molecule has 1 N–H and O–H groups in total. The molecule has 0 saturated heterocycles.